The van der Waals surface area contributed by atoms with Crippen molar-refractivity contribution in [2.24, 2.45) is 4.99 Å². The van der Waals surface area contributed by atoms with Gasteiger partial charge in [-0.1, -0.05) is 41.7 Å². The zero-order valence-corrected chi connectivity index (χ0v) is 19.9. The summed E-state index contributed by atoms with van der Waals surface area (Å²) >= 11 is 1.57. The molecule has 1 saturated heterocycles. The van der Waals surface area contributed by atoms with Crippen LogP contribution in [-0.4, -0.2) is 46.0 Å². The Hall–Kier alpha value is -2.84. The maximum atomic E-state index is 14.0. The number of piperidine rings is 1. The Balaban J connectivity index is 1.39. The zero-order valence-electron chi connectivity index (χ0n) is 19.1. The molecule has 0 bridgehead atoms. The Morgan fingerprint density at radius 3 is 2.88 bits per heavy atom. The molecule has 172 valence electrons. The minimum atomic E-state index is 0.00305. The van der Waals surface area contributed by atoms with Gasteiger partial charge in [-0.05, 0) is 38.2 Å². The summed E-state index contributed by atoms with van der Waals surface area (Å²) in [4.78, 5) is 27.1. The molecule has 0 saturated carbocycles. The summed E-state index contributed by atoms with van der Waals surface area (Å²) in [5.74, 6) is 0.917. The monoisotopic (exact) mass is 466 g/mol. The number of rotatable bonds is 5. The molecule has 1 N–H and O–H groups in total. The number of amides is 1. The largest absolute Gasteiger partial charge is 0.334 e. The molecule has 4 heterocycles. The number of quaternary nitrogens is 1. The average Bonchev–Trinajstić information content (AvgIpc) is 3.42. The molecule has 1 aromatic carbocycles. The molecule has 2 atom stereocenters. The topological polar surface area (TPSA) is 53.2 Å². The van der Waals surface area contributed by atoms with Gasteiger partial charge in [0.15, 0.2) is 6.67 Å². The molecule has 1 unspecified atom stereocenters. The molecular formula is C25H29FN5OS+. The summed E-state index contributed by atoms with van der Waals surface area (Å²) in [6, 6.07) is 10.1. The quantitative estimate of drug-likeness (QED) is 0.676. The van der Waals surface area contributed by atoms with Crippen LogP contribution >= 0.6 is 11.3 Å². The average molecular weight is 467 g/mol. The standard InChI is InChI=1S/C25H28FN5OS/c1-3-18-14-30(26)16-29-15-20(28-24(18)29)13-21-11-7-8-12-31(21)25(32)22-23(33-17(2)27-22)19-9-5-4-6-10-19/h4-6,9-10,14-15,21H,3,7-8,11-13,16H2,1-2H3/p+1/t21-/m0/s1. The third kappa shape index (κ3) is 4.37. The molecule has 8 heteroatoms. The van der Waals surface area contributed by atoms with E-state index in [0.29, 0.717) is 12.1 Å². The number of nitrogens with one attached hydrogen (secondary N) is 1. The fraction of sp³-hybridized carbons (Fsp3) is 0.400. The van der Waals surface area contributed by atoms with Crippen molar-refractivity contribution in [2.45, 2.75) is 52.0 Å². The third-order valence-electron chi connectivity index (χ3n) is 6.51. The van der Waals surface area contributed by atoms with Crippen molar-refractivity contribution in [3.63, 3.8) is 0 Å². The van der Waals surface area contributed by atoms with Crippen molar-refractivity contribution < 1.29 is 14.2 Å². The molecule has 5 rings (SSSR count). The smallest absolute Gasteiger partial charge is 0.274 e. The van der Waals surface area contributed by atoms with E-state index in [1.54, 1.807) is 17.5 Å². The van der Waals surface area contributed by atoms with Crippen LogP contribution in [0, 0.1) is 6.92 Å². The van der Waals surface area contributed by atoms with Crippen molar-refractivity contribution in [1.82, 2.24) is 15.0 Å². The molecular weight excluding hydrogens is 437 g/mol. The SMILES string of the molecule is CCC1=CN(F)C[NH+]2C=C(C[C@@H]3CCCCN3C(=O)c3nc(C)sc3-c3ccccc3)N=C12. The van der Waals surface area contributed by atoms with E-state index in [4.69, 9.17) is 4.99 Å². The summed E-state index contributed by atoms with van der Waals surface area (Å²) < 4.78 is 14.0. The zero-order chi connectivity index (χ0) is 22.9. The number of benzene rings is 1. The fourth-order valence-electron chi connectivity index (χ4n) is 4.93. The lowest BCUT2D eigenvalue weighted by Crippen LogP contribution is -3.11. The normalized spacial score (nSPS) is 22.6. The molecule has 6 nitrogen and oxygen atoms in total. The van der Waals surface area contributed by atoms with Crippen molar-refractivity contribution in [1.29, 1.82) is 0 Å². The summed E-state index contributed by atoms with van der Waals surface area (Å²) in [5.41, 5.74) is 3.44. The molecule has 0 aliphatic carbocycles. The molecule has 2 aromatic rings. The first-order valence-corrected chi connectivity index (χ1v) is 12.5. The predicted octanol–water partition coefficient (Wildman–Crippen LogP) is 4.09. The highest BCUT2D eigenvalue weighted by molar-refractivity contribution is 7.15. The number of fused-ring (bicyclic) bond motifs is 1. The van der Waals surface area contributed by atoms with Crippen LogP contribution in [0.15, 0.2) is 59.0 Å². The highest BCUT2D eigenvalue weighted by Gasteiger charge is 2.36. The molecule has 3 aliphatic rings. The number of nitrogens with zero attached hydrogens (tertiary/aromatic N) is 4. The molecule has 33 heavy (non-hydrogen) atoms. The molecule has 0 radical (unpaired) electrons. The number of carbonyl (C=O) groups is 1. The van der Waals surface area contributed by atoms with Gasteiger partial charge < -0.3 is 4.90 Å². The van der Waals surface area contributed by atoms with Crippen LogP contribution in [0.5, 0.6) is 0 Å². The van der Waals surface area contributed by atoms with Crippen molar-refractivity contribution in [2.75, 3.05) is 13.2 Å². The van der Waals surface area contributed by atoms with Crippen LogP contribution < -0.4 is 4.90 Å². The Labute approximate surface area is 197 Å². The van der Waals surface area contributed by atoms with Gasteiger partial charge in [0.05, 0.1) is 15.5 Å². The predicted molar refractivity (Wildman–Crippen MR) is 128 cm³/mol. The van der Waals surface area contributed by atoms with Crippen molar-refractivity contribution in [3.05, 3.63) is 64.7 Å². The first-order valence-electron chi connectivity index (χ1n) is 11.7. The fourth-order valence-corrected chi connectivity index (χ4v) is 5.85. The highest BCUT2D eigenvalue weighted by Crippen LogP contribution is 2.33. The van der Waals surface area contributed by atoms with Crippen LogP contribution in [0.25, 0.3) is 10.4 Å². The number of halogens is 1. The van der Waals surface area contributed by atoms with Crippen LogP contribution in [0.4, 0.5) is 4.48 Å². The van der Waals surface area contributed by atoms with Crippen LogP contribution in [0.3, 0.4) is 0 Å². The van der Waals surface area contributed by atoms with E-state index in [1.165, 1.54) is 0 Å². The number of carbonyl (C=O) groups excluding carboxylic acids is 1. The second-order valence-electron chi connectivity index (χ2n) is 8.82. The Morgan fingerprint density at radius 1 is 1.27 bits per heavy atom. The summed E-state index contributed by atoms with van der Waals surface area (Å²) in [6.07, 6.45) is 8.02. The first-order chi connectivity index (χ1) is 16.0. The highest BCUT2D eigenvalue weighted by atomic mass is 32.1. The van der Waals surface area contributed by atoms with Gasteiger partial charge in [-0.2, -0.15) is 10.1 Å². The number of aliphatic imine (C=N–C) groups is 1. The number of hydrogen-bond donors (Lipinski definition) is 1. The lowest BCUT2D eigenvalue weighted by atomic mass is 9.97. The van der Waals surface area contributed by atoms with E-state index in [1.807, 2.05) is 55.3 Å². The summed E-state index contributed by atoms with van der Waals surface area (Å²) in [5, 5.41) is 1.63. The minimum Gasteiger partial charge on any atom is -0.334 e. The third-order valence-corrected chi connectivity index (χ3v) is 7.53. The van der Waals surface area contributed by atoms with Crippen molar-refractivity contribution >= 4 is 23.1 Å². The summed E-state index contributed by atoms with van der Waals surface area (Å²) in [6.45, 7) is 4.93. The Kier molecular flexibility index (Phi) is 6.12. The molecule has 3 aliphatic heterocycles. The molecule has 1 aromatic heterocycles. The van der Waals surface area contributed by atoms with Crippen LogP contribution in [0.1, 0.15) is 54.5 Å². The maximum absolute atomic E-state index is 14.0. The first kappa shape index (κ1) is 22.0. The number of thiazole rings is 1. The number of aryl methyl sites for hydroxylation is 1. The van der Waals surface area contributed by atoms with E-state index in [9.17, 15) is 9.28 Å². The lowest BCUT2D eigenvalue weighted by molar-refractivity contribution is -0.764. The minimum absolute atomic E-state index is 0.00305. The summed E-state index contributed by atoms with van der Waals surface area (Å²) in [7, 11) is 0. The van der Waals surface area contributed by atoms with E-state index < -0.39 is 0 Å². The number of amidine groups is 1. The molecule has 1 fully saturated rings. The van der Waals surface area contributed by atoms with Gasteiger partial charge in [0.25, 0.3) is 5.91 Å². The van der Waals surface area contributed by atoms with Gasteiger partial charge in [0.2, 0.25) is 5.84 Å². The lowest BCUT2D eigenvalue weighted by Gasteiger charge is -2.35. The van der Waals surface area contributed by atoms with Gasteiger partial charge in [-0.15, -0.1) is 11.3 Å². The number of likely N-dealkylation sites (tertiary alicyclic amines) is 1. The molecule has 1 amide bonds. The van der Waals surface area contributed by atoms with Gasteiger partial charge in [-0.25, -0.2) is 9.88 Å². The van der Waals surface area contributed by atoms with E-state index in [-0.39, 0.29) is 18.6 Å². The number of hydrogen-bond acceptors (Lipinski definition) is 5. The van der Waals surface area contributed by atoms with E-state index in [0.717, 1.165) is 74.8 Å². The van der Waals surface area contributed by atoms with Gasteiger partial charge in [0, 0.05) is 25.2 Å². The Morgan fingerprint density at radius 2 is 2.09 bits per heavy atom. The van der Waals surface area contributed by atoms with Crippen LogP contribution in [0.2, 0.25) is 0 Å². The van der Waals surface area contributed by atoms with Gasteiger partial charge in [-0.3, -0.25) is 4.79 Å². The Bertz CT molecular complexity index is 1140. The number of aromatic nitrogens is 1. The second-order valence-corrected chi connectivity index (χ2v) is 10.0. The van der Waals surface area contributed by atoms with E-state index >= 15 is 0 Å². The molecule has 0 spiro atoms. The second kappa shape index (κ2) is 9.19. The van der Waals surface area contributed by atoms with E-state index in [2.05, 4.69) is 4.98 Å². The van der Waals surface area contributed by atoms with Crippen LogP contribution in [-0.2, 0) is 0 Å². The maximum Gasteiger partial charge on any atom is 0.274 e. The van der Waals surface area contributed by atoms with Crippen molar-refractivity contribution in [3.8, 4) is 10.4 Å². The van der Waals surface area contributed by atoms with Gasteiger partial charge in [0.1, 0.15) is 17.6 Å². The van der Waals surface area contributed by atoms with Gasteiger partial charge >= 0.3 is 0 Å².